The highest BCUT2D eigenvalue weighted by Crippen LogP contribution is 2.63. The van der Waals surface area contributed by atoms with E-state index in [1.54, 1.807) is 11.0 Å². The second kappa shape index (κ2) is 9.12. The molecule has 2 bridgehead atoms. The van der Waals surface area contributed by atoms with Gasteiger partial charge in [0.05, 0.1) is 18.1 Å². The SMILES string of the molecule is C=CCOC(=O)[C@@H]1[C@H]2C(=O)N(CCO)C(C(=O)N(CC=C)CCCC)C23CC[C@@]1(C)O3. The molecule has 0 radical (unpaired) electrons. The van der Waals surface area contributed by atoms with Crippen LogP contribution in [0.4, 0.5) is 0 Å². The Bertz CT molecular complexity index is 754. The van der Waals surface area contributed by atoms with Crippen molar-refractivity contribution in [3.63, 3.8) is 0 Å². The lowest BCUT2D eigenvalue weighted by Crippen LogP contribution is -2.56. The molecule has 31 heavy (non-hydrogen) atoms. The van der Waals surface area contributed by atoms with Crippen molar-refractivity contribution < 1.29 is 29.0 Å². The van der Waals surface area contributed by atoms with Crippen molar-refractivity contribution >= 4 is 17.8 Å². The lowest BCUT2D eigenvalue weighted by molar-refractivity contribution is -0.159. The van der Waals surface area contributed by atoms with Crippen LogP contribution in [0.15, 0.2) is 25.3 Å². The van der Waals surface area contributed by atoms with Crippen molar-refractivity contribution in [2.45, 2.75) is 56.8 Å². The summed E-state index contributed by atoms with van der Waals surface area (Å²) in [6.45, 7) is 11.9. The normalized spacial score (nSPS) is 33.3. The molecule has 8 nitrogen and oxygen atoms in total. The summed E-state index contributed by atoms with van der Waals surface area (Å²) in [6, 6.07) is -0.881. The van der Waals surface area contributed by atoms with Crippen LogP contribution in [0.25, 0.3) is 0 Å². The number of aliphatic hydroxyl groups is 1. The number of carbonyl (C=O) groups is 3. The first-order valence-electron chi connectivity index (χ1n) is 11.1. The minimum atomic E-state index is -1.10. The Morgan fingerprint density at radius 2 is 2.10 bits per heavy atom. The highest BCUT2D eigenvalue weighted by atomic mass is 16.6. The third-order valence-corrected chi connectivity index (χ3v) is 6.89. The van der Waals surface area contributed by atoms with Crippen LogP contribution in [0.3, 0.4) is 0 Å². The van der Waals surface area contributed by atoms with Crippen LogP contribution in [-0.4, -0.2) is 82.8 Å². The number of likely N-dealkylation sites (tertiary alicyclic amines) is 1. The van der Waals surface area contributed by atoms with Crippen molar-refractivity contribution in [3.05, 3.63) is 25.3 Å². The van der Waals surface area contributed by atoms with Gasteiger partial charge >= 0.3 is 5.97 Å². The summed E-state index contributed by atoms with van der Waals surface area (Å²) in [7, 11) is 0. The fourth-order valence-electron chi connectivity index (χ4n) is 5.61. The molecule has 3 aliphatic heterocycles. The zero-order chi connectivity index (χ0) is 22.8. The van der Waals surface area contributed by atoms with Crippen LogP contribution in [0.1, 0.15) is 39.5 Å². The molecule has 0 aromatic heterocycles. The molecule has 2 unspecified atom stereocenters. The summed E-state index contributed by atoms with van der Waals surface area (Å²) in [4.78, 5) is 43.3. The highest BCUT2D eigenvalue weighted by Gasteiger charge is 2.78. The molecule has 172 valence electrons. The van der Waals surface area contributed by atoms with Crippen molar-refractivity contribution in [2.24, 2.45) is 11.8 Å². The van der Waals surface area contributed by atoms with E-state index in [0.29, 0.717) is 25.9 Å². The minimum absolute atomic E-state index is 0.0116. The van der Waals surface area contributed by atoms with Crippen LogP contribution in [0, 0.1) is 11.8 Å². The van der Waals surface area contributed by atoms with Crippen LogP contribution < -0.4 is 0 Å². The van der Waals surface area contributed by atoms with Gasteiger partial charge in [-0.25, -0.2) is 0 Å². The Morgan fingerprint density at radius 3 is 2.71 bits per heavy atom. The van der Waals surface area contributed by atoms with Gasteiger partial charge in [0.1, 0.15) is 24.2 Å². The predicted octanol–water partition coefficient (Wildman–Crippen LogP) is 1.29. The number of amides is 2. The zero-order valence-electron chi connectivity index (χ0n) is 18.5. The smallest absolute Gasteiger partial charge is 0.313 e. The van der Waals surface area contributed by atoms with Gasteiger partial charge in [-0.05, 0) is 26.2 Å². The Labute approximate surface area is 183 Å². The molecule has 3 heterocycles. The quantitative estimate of drug-likeness (QED) is 0.389. The lowest BCUT2D eigenvalue weighted by atomic mass is 9.66. The van der Waals surface area contributed by atoms with Crippen molar-refractivity contribution in [3.8, 4) is 0 Å². The molecule has 3 aliphatic rings. The summed E-state index contributed by atoms with van der Waals surface area (Å²) in [5.41, 5.74) is -1.96. The number of fused-ring (bicyclic) bond motifs is 1. The molecule has 0 aliphatic carbocycles. The first-order chi connectivity index (χ1) is 14.8. The van der Waals surface area contributed by atoms with Crippen LogP contribution in [0.5, 0.6) is 0 Å². The maximum Gasteiger partial charge on any atom is 0.313 e. The van der Waals surface area contributed by atoms with Gasteiger partial charge in [0.15, 0.2) is 0 Å². The Kier molecular flexibility index (Phi) is 6.91. The number of carbonyl (C=O) groups excluding carboxylic acids is 3. The maximum atomic E-state index is 13.7. The van der Waals surface area contributed by atoms with Gasteiger partial charge in [-0.15, -0.1) is 6.58 Å². The average Bonchev–Trinajstić information content (AvgIpc) is 3.30. The molecule has 2 amide bonds. The highest BCUT2D eigenvalue weighted by molar-refractivity contribution is 5.98. The molecule has 5 atom stereocenters. The largest absolute Gasteiger partial charge is 0.461 e. The fraction of sp³-hybridized carbons (Fsp3) is 0.696. The van der Waals surface area contributed by atoms with Gasteiger partial charge in [0, 0.05) is 19.6 Å². The number of nitrogens with zero attached hydrogens (tertiary/aromatic N) is 2. The summed E-state index contributed by atoms with van der Waals surface area (Å²) in [5.74, 6) is -2.65. The molecule has 8 heteroatoms. The number of ether oxygens (including phenoxy) is 2. The van der Waals surface area contributed by atoms with Crippen molar-refractivity contribution in [2.75, 3.05) is 32.8 Å². The number of aliphatic hydroxyl groups excluding tert-OH is 1. The van der Waals surface area contributed by atoms with Crippen molar-refractivity contribution in [1.82, 2.24) is 9.80 Å². The molecule has 0 aromatic carbocycles. The van der Waals surface area contributed by atoms with Crippen LogP contribution in [0.2, 0.25) is 0 Å². The van der Waals surface area contributed by atoms with E-state index in [2.05, 4.69) is 13.2 Å². The molecule has 3 saturated heterocycles. The Morgan fingerprint density at radius 1 is 1.35 bits per heavy atom. The standard InChI is InChI=1S/C23H34N2O6/c1-5-8-12-24(11-6-2)20(28)18-23-10-9-22(4,31-23)17(21(29)30-15-7-3)16(23)19(27)25(18)13-14-26/h6-7,16-18,26H,2-3,5,8-15H2,1,4H3/t16-,17-,18?,22+,23?/m0/s1. The van der Waals surface area contributed by atoms with E-state index in [9.17, 15) is 19.5 Å². The Balaban J connectivity index is 2.01. The minimum Gasteiger partial charge on any atom is -0.461 e. The molecule has 0 aromatic rings. The Hall–Kier alpha value is -2.19. The summed E-state index contributed by atoms with van der Waals surface area (Å²) in [5, 5.41) is 9.62. The van der Waals surface area contributed by atoms with Crippen LogP contribution in [-0.2, 0) is 23.9 Å². The molecule has 3 fully saturated rings. The molecule has 3 rings (SSSR count). The van der Waals surface area contributed by atoms with Gasteiger partial charge in [-0.2, -0.15) is 0 Å². The molecule has 0 saturated carbocycles. The monoisotopic (exact) mass is 434 g/mol. The number of β-amino-alcohol motifs (C(OH)–C–C–N with tert-alkyl or cyclic N) is 1. The number of hydrogen-bond donors (Lipinski definition) is 1. The van der Waals surface area contributed by atoms with E-state index in [1.165, 1.54) is 11.0 Å². The first-order valence-corrected chi connectivity index (χ1v) is 11.1. The lowest BCUT2D eigenvalue weighted by Gasteiger charge is -2.36. The second-order valence-corrected chi connectivity index (χ2v) is 8.83. The fourth-order valence-corrected chi connectivity index (χ4v) is 5.61. The molecule has 1 N–H and O–H groups in total. The van der Waals surface area contributed by atoms with E-state index in [4.69, 9.17) is 9.47 Å². The summed E-state index contributed by atoms with van der Waals surface area (Å²) < 4.78 is 11.8. The molecule has 1 spiro atoms. The number of hydrogen-bond acceptors (Lipinski definition) is 6. The second-order valence-electron chi connectivity index (χ2n) is 8.83. The maximum absolute atomic E-state index is 13.7. The van der Waals surface area contributed by atoms with Gasteiger partial charge < -0.3 is 24.4 Å². The summed E-state index contributed by atoms with van der Waals surface area (Å²) in [6.07, 6.45) is 5.94. The predicted molar refractivity (Wildman–Crippen MR) is 114 cm³/mol. The molecular weight excluding hydrogens is 400 g/mol. The zero-order valence-corrected chi connectivity index (χ0v) is 18.5. The topological polar surface area (TPSA) is 96.4 Å². The molecular formula is C23H34N2O6. The number of unbranched alkanes of at least 4 members (excludes halogenated alkanes) is 1. The van der Waals surface area contributed by atoms with Gasteiger partial charge in [0.25, 0.3) is 0 Å². The average molecular weight is 435 g/mol. The number of rotatable bonds is 11. The van der Waals surface area contributed by atoms with Crippen LogP contribution >= 0.6 is 0 Å². The number of esters is 1. The van der Waals surface area contributed by atoms with Crippen molar-refractivity contribution in [1.29, 1.82) is 0 Å². The van der Waals surface area contributed by atoms with Gasteiger partial charge in [-0.1, -0.05) is 32.1 Å². The van der Waals surface area contributed by atoms with E-state index < -0.39 is 35.0 Å². The van der Waals surface area contributed by atoms with Gasteiger partial charge in [0.2, 0.25) is 11.8 Å². The first kappa shape index (κ1) is 23.5. The van der Waals surface area contributed by atoms with E-state index in [0.717, 1.165) is 12.8 Å². The van der Waals surface area contributed by atoms with Gasteiger partial charge in [-0.3, -0.25) is 14.4 Å². The van der Waals surface area contributed by atoms with E-state index in [1.807, 2.05) is 13.8 Å². The summed E-state index contributed by atoms with van der Waals surface area (Å²) >= 11 is 0. The van der Waals surface area contributed by atoms with E-state index >= 15 is 0 Å². The van der Waals surface area contributed by atoms with E-state index in [-0.39, 0.29) is 31.6 Å². The third-order valence-electron chi connectivity index (χ3n) is 6.89. The third kappa shape index (κ3) is 3.69.